The molecular formula is C33H35FN2O7. The molecule has 3 aliphatic rings. The second-order valence-corrected chi connectivity index (χ2v) is 11.8. The first-order valence-corrected chi connectivity index (χ1v) is 14.5. The van der Waals surface area contributed by atoms with Crippen LogP contribution in [0.4, 0.5) is 10.1 Å². The second kappa shape index (κ2) is 10.5. The fourth-order valence-corrected chi connectivity index (χ4v) is 7.33. The molecule has 0 radical (unpaired) electrons. The van der Waals surface area contributed by atoms with Gasteiger partial charge in [-0.2, -0.15) is 0 Å². The molecule has 0 saturated carbocycles. The van der Waals surface area contributed by atoms with Crippen LogP contribution in [0.2, 0.25) is 0 Å². The molecule has 226 valence electrons. The highest BCUT2D eigenvalue weighted by molar-refractivity contribution is 6.03. The molecule has 0 bridgehead atoms. The number of hydrogen-bond acceptors (Lipinski definition) is 7. The first-order valence-electron chi connectivity index (χ1n) is 14.5. The number of rotatable bonds is 9. The van der Waals surface area contributed by atoms with Gasteiger partial charge in [0.15, 0.2) is 17.1 Å². The third-order valence-electron chi connectivity index (χ3n) is 9.08. The number of nitrogens with one attached hydrogen (secondary N) is 1. The fraction of sp³-hybridized carbons (Fsp3) is 0.394. The van der Waals surface area contributed by atoms with Crippen LogP contribution in [0.25, 0.3) is 0 Å². The summed E-state index contributed by atoms with van der Waals surface area (Å²) in [5.41, 5.74) is -5.55. The minimum atomic E-state index is -1.92. The normalized spacial score (nSPS) is 32.1. The van der Waals surface area contributed by atoms with E-state index in [4.69, 9.17) is 9.47 Å². The number of carbonyl (C=O) groups is 2. The van der Waals surface area contributed by atoms with Crippen molar-refractivity contribution in [3.63, 3.8) is 0 Å². The number of epoxide rings is 1. The fourth-order valence-electron chi connectivity index (χ4n) is 7.33. The summed E-state index contributed by atoms with van der Waals surface area (Å²) >= 11 is 0. The van der Waals surface area contributed by atoms with Crippen molar-refractivity contribution in [1.29, 1.82) is 0 Å². The van der Waals surface area contributed by atoms with E-state index < -0.39 is 64.9 Å². The molecule has 4 N–H and O–H groups in total. The maximum atomic E-state index is 14.6. The van der Waals surface area contributed by atoms with E-state index in [0.717, 1.165) is 0 Å². The van der Waals surface area contributed by atoms with E-state index in [0.29, 0.717) is 23.2 Å². The van der Waals surface area contributed by atoms with Gasteiger partial charge in [-0.3, -0.25) is 9.59 Å². The number of carboxylic acid groups (broad SMARTS) is 1. The summed E-state index contributed by atoms with van der Waals surface area (Å²) in [7, 11) is 0. The molecule has 3 aliphatic heterocycles. The minimum Gasteiger partial charge on any atom is -0.481 e. The van der Waals surface area contributed by atoms with Crippen LogP contribution in [0.15, 0.2) is 84.9 Å². The van der Waals surface area contributed by atoms with Gasteiger partial charge in [0.2, 0.25) is 5.60 Å². The number of amides is 1. The molecule has 0 unspecified atom stereocenters. The number of fused-ring (bicyclic) bond motifs is 3. The third-order valence-corrected chi connectivity index (χ3v) is 9.08. The Kier molecular flexibility index (Phi) is 7.18. The molecule has 0 aromatic heterocycles. The van der Waals surface area contributed by atoms with Gasteiger partial charge in [-0.05, 0) is 42.2 Å². The van der Waals surface area contributed by atoms with Crippen molar-refractivity contribution in [3.05, 3.63) is 102 Å². The third kappa shape index (κ3) is 4.08. The predicted octanol–water partition coefficient (Wildman–Crippen LogP) is 3.96. The summed E-state index contributed by atoms with van der Waals surface area (Å²) in [6, 6.07) is 23.6. The Morgan fingerprint density at radius 1 is 1.00 bits per heavy atom. The average molecular weight is 591 g/mol. The molecule has 3 saturated heterocycles. The summed E-state index contributed by atoms with van der Waals surface area (Å²) in [6.07, 6.45) is -2.01. The molecule has 0 spiro atoms. The van der Waals surface area contributed by atoms with Crippen molar-refractivity contribution < 1.29 is 38.8 Å². The number of halogens is 1. The highest BCUT2D eigenvalue weighted by atomic mass is 19.1. The van der Waals surface area contributed by atoms with E-state index in [1.54, 1.807) is 79.4 Å². The number of aliphatic carboxylic acids is 1. The van der Waals surface area contributed by atoms with Gasteiger partial charge < -0.3 is 30.1 Å². The lowest BCUT2D eigenvalue weighted by Crippen LogP contribution is -2.68. The van der Waals surface area contributed by atoms with Crippen molar-refractivity contribution >= 4 is 17.6 Å². The molecule has 6 rings (SSSR count). The molecule has 3 aromatic carbocycles. The van der Waals surface area contributed by atoms with Crippen LogP contribution >= 0.6 is 0 Å². The van der Waals surface area contributed by atoms with Crippen molar-refractivity contribution in [1.82, 2.24) is 4.90 Å². The first kappa shape index (κ1) is 29.4. The Balaban J connectivity index is 1.59. The number of carbonyl (C=O) groups excluding carboxylic acids is 1. The monoisotopic (exact) mass is 590 g/mol. The Hall–Kier alpha value is -3.67. The lowest BCUT2D eigenvalue weighted by atomic mass is 9.73. The van der Waals surface area contributed by atoms with Gasteiger partial charge >= 0.3 is 5.97 Å². The van der Waals surface area contributed by atoms with E-state index in [1.807, 2.05) is 12.1 Å². The molecule has 3 fully saturated rings. The van der Waals surface area contributed by atoms with Gasteiger partial charge in [0, 0.05) is 24.2 Å². The number of hydrogen-bond donors (Lipinski definition) is 4. The van der Waals surface area contributed by atoms with Crippen LogP contribution in [0.1, 0.15) is 44.2 Å². The quantitative estimate of drug-likeness (QED) is 0.276. The molecule has 9 nitrogen and oxygen atoms in total. The smallest absolute Gasteiger partial charge is 0.305 e. The Labute approximate surface area is 248 Å². The maximum absolute atomic E-state index is 14.6. The Morgan fingerprint density at radius 3 is 2.23 bits per heavy atom. The Morgan fingerprint density at radius 2 is 1.63 bits per heavy atom. The van der Waals surface area contributed by atoms with E-state index in [2.05, 4.69) is 5.32 Å². The molecule has 43 heavy (non-hydrogen) atoms. The zero-order valence-electron chi connectivity index (χ0n) is 23.9. The van der Waals surface area contributed by atoms with Crippen LogP contribution in [0.5, 0.6) is 0 Å². The second-order valence-electron chi connectivity index (χ2n) is 11.8. The predicted molar refractivity (Wildman–Crippen MR) is 154 cm³/mol. The average Bonchev–Trinajstić information content (AvgIpc) is 3.67. The molecule has 10 heteroatoms. The standard InChI is InChI=1S/C33H35FN2O7/c1-21(2)32(41)31(29(40)35-25-11-7-4-8-12-25)30(43-31,22-9-5-3-6-10-22)33(23-13-15-24(34)16-14-23)36(32)18-17-27(42-33)19-26(37)20-28(38)39/h3-16,21,26-27,37,41H,17-20H2,1-2H3,(H,35,40)(H,38,39)/t26-,27+,30+,31+,32-,33+/m0/s1. The molecular weight excluding hydrogens is 555 g/mol. The number of morpholine rings is 1. The number of carboxylic acids is 1. The van der Waals surface area contributed by atoms with Crippen LogP contribution in [-0.4, -0.2) is 62.2 Å². The molecule has 1 amide bonds. The molecule has 3 aromatic rings. The van der Waals surface area contributed by atoms with Gasteiger partial charge in [0.25, 0.3) is 5.91 Å². The van der Waals surface area contributed by atoms with Crippen molar-refractivity contribution in [3.8, 4) is 0 Å². The van der Waals surface area contributed by atoms with Crippen LogP contribution in [0, 0.1) is 11.7 Å². The number of aliphatic hydroxyl groups is 2. The van der Waals surface area contributed by atoms with Gasteiger partial charge in [0.05, 0.1) is 18.6 Å². The summed E-state index contributed by atoms with van der Waals surface area (Å²) in [5, 5.41) is 35.7. The summed E-state index contributed by atoms with van der Waals surface area (Å²) in [5.74, 6) is -2.75. The number of ether oxygens (including phenoxy) is 2. The minimum absolute atomic E-state index is 0.00271. The first-order chi connectivity index (χ1) is 20.5. The lowest BCUT2D eigenvalue weighted by molar-refractivity contribution is -0.326. The van der Waals surface area contributed by atoms with E-state index in [-0.39, 0.29) is 13.0 Å². The van der Waals surface area contributed by atoms with E-state index >= 15 is 0 Å². The van der Waals surface area contributed by atoms with Crippen LogP contribution < -0.4 is 5.32 Å². The number of anilines is 1. The Bertz CT molecular complexity index is 1510. The number of para-hydroxylation sites is 1. The molecule has 6 atom stereocenters. The molecule has 0 aliphatic carbocycles. The SMILES string of the molecule is CC(C)[C@@]1(O)N2CC[C@H](C[C@H](O)CC(=O)O)O[C@]2(c2ccc(F)cc2)[C@]2(c3ccccc3)O[C@]21C(=O)Nc1ccccc1. The van der Waals surface area contributed by atoms with E-state index in [9.17, 15) is 29.3 Å². The summed E-state index contributed by atoms with van der Waals surface area (Å²) < 4.78 is 28.0. The van der Waals surface area contributed by atoms with Gasteiger partial charge in [-0.1, -0.05) is 74.5 Å². The van der Waals surface area contributed by atoms with Crippen molar-refractivity contribution in [2.24, 2.45) is 5.92 Å². The van der Waals surface area contributed by atoms with Gasteiger partial charge in [0.1, 0.15) is 5.82 Å². The van der Waals surface area contributed by atoms with Crippen LogP contribution in [-0.2, 0) is 30.4 Å². The van der Waals surface area contributed by atoms with Crippen molar-refractivity contribution in [2.75, 3.05) is 11.9 Å². The number of aliphatic hydroxyl groups excluding tert-OH is 1. The highest BCUT2D eigenvalue weighted by Crippen LogP contribution is 2.79. The maximum Gasteiger partial charge on any atom is 0.305 e. The lowest BCUT2D eigenvalue weighted by Gasteiger charge is -2.54. The largest absolute Gasteiger partial charge is 0.481 e. The zero-order chi connectivity index (χ0) is 30.6. The summed E-state index contributed by atoms with van der Waals surface area (Å²) in [6.45, 7) is 3.83. The van der Waals surface area contributed by atoms with Gasteiger partial charge in [-0.15, -0.1) is 0 Å². The van der Waals surface area contributed by atoms with E-state index in [1.165, 1.54) is 12.1 Å². The summed E-state index contributed by atoms with van der Waals surface area (Å²) in [4.78, 5) is 27.7. The van der Waals surface area contributed by atoms with Crippen molar-refractivity contribution in [2.45, 2.75) is 68.0 Å². The number of nitrogens with zero attached hydrogens (tertiary/aromatic N) is 1. The van der Waals surface area contributed by atoms with Crippen LogP contribution in [0.3, 0.4) is 0 Å². The van der Waals surface area contributed by atoms with Gasteiger partial charge in [-0.25, -0.2) is 9.29 Å². The zero-order valence-corrected chi connectivity index (χ0v) is 23.9. The topological polar surface area (TPSA) is 132 Å². The number of benzene rings is 3. The molecule has 3 heterocycles. The highest BCUT2D eigenvalue weighted by Gasteiger charge is 2.99.